The molecule has 0 saturated carbocycles. The third-order valence-corrected chi connectivity index (χ3v) is 5.24. The van der Waals surface area contributed by atoms with E-state index in [4.69, 9.17) is 9.47 Å². The zero-order chi connectivity index (χ0) is 19.7. The molecule has 4 heteroatoms. The molecule has 0 aromatic heterocycles. The fourth-order valence-corrected chi connectivity index (χ4v) is 3.96. The molecule has 2 atom stereocenters. The zero-order valence-electron chi connectivity index (χ0n) is 16.7. The van der Waals surface area contributed by atoms with E-state index < -0.39 is 5.60 Å². The highest BCUT2D eigenvalue weighted by Gasteiger charge is 2.39. The number of amides is 1. The van der Waals surface area contributed by atoms with Gasteiger partial charge in [0.1, 0.15) is 17.1 Å². The Balaban J connectivity index is 1.38. The number of benzene rings is 2. The van der Waals surface area contributed by atoms with Crippen molar-refractivity contribution in [1.82, 2.24) is 4.90 Å². The molecule has 2 aromatic carbocycles. The van der Waals surface area contributed by atoms with Gasteiger partial charge in [-0.15, -0.1) is 0 Å². The minimum absolute atomic E-state index is 0.195. The molecular weight excluding hydrogens is 350 g/mol. The lowest BCUT2D eigenvalue weighted by Gasteiger charge is -2.24. The Morgan fingerprint density at radius 2 is 1.64 bits per heavy atom. The Hall–Kier alpha value is -2.75. The Morgan fingerprint density at radius 1 is 0.964 bits per heavy atom. The second-order valence-corrected chi connectivity index (χ2v) is 8.64. The molecule has 2 aliphatic rings. The van der Waals surface area contributed by atoms with E-state index in [-0.39, 0.29) is 6.09 Å². The summed E-state index contributed by atoms with van der Waals surface area (Å²) in [6.45, 7) is 7.24. The van der Waals surface area contributed by atoms with Crippen LogP contribution in [-0.4, -0.2) is 29.7 Å². The maximum atomic E-state index is 12.3. The number of hydrogen-bond donors (Lipinski definition) is 0. The number of nitrogens with zero attached hydrogens (tertiary/aromatic N) is 1. The number of carbonyl (C=O) groups excluding carboxylic acids is 1. The van der Waals surface area contributed by atoms with E-state index in [9.17, 15) is 4.79 Å². The summed E-state index contributed by atoms with van der Waals surface area (Å²) in [4.78, 5) is 14.2. The van der Waals surface area contributed by atoms with Crippen LogP contribution < -0.4 is 4.74 Å². The molecule has 1 fully saturated rings. The van der Waals surface area contributed by atoms with Crippen molar-refractivity contribution < 1.29 is 14.3 Å². The summed E-state index contributed by atoms with van der Waals surface area (Å²) in [5.41, 5.74) is 2.16. The molecule has 0 bridgehead atoms. The van der Waals surface area contributed by atoms with Gasteiger partial charge in [0.05, 0.1) is 0 Å². The van der Waals surface area contributed by atoms with Crippen LogP contribution in [-0.2, 0) is 4.74 Å². The van der Waals surface area contributed by atoms with Crippen molar-refractivity contribution in [2.45, 2.75) is 32.8 Å². The van der Waals surface area contributed by atoms with Crippen LogP contribution in [0.15, 0.2) is 60.7 Å². The van der Waals surface area contributed by atoms with Gasteiger partial charge < -0.3 is 14.4 Å². The molecule has 0 N–H and O–H groups in total. The standard InChI is InChI=1S/C24H27NO3/c1-24(2,3)28-23(26)25-15-19-13-18(14-20(19)16-25)17-9-11-22(12-10-17)27-21-7-5-4-6-8-21/h4-13,19-20H,14-16H2,1-3H3/t19-,20+/m0/s1. The van der Waals surface area contributed by atoms with Crippen molar-refractivity contribution in [3.8, 4) is 11.5 Å². The van der Waals surface area contributed by atoms with Crippen LogP contribution in [0.3, 0.4) is 0 Å². The third-order valence-electron chi connectivity index (χ3n) is 5.24. The first-order valence-corrected chi connectivity index (χ1v) is 9.89. The van der Waals surface area contributed by atoms with E-state index in [0.717, 1.165) is 31.0 Å². The van der Waals surface area contributed by atoms with Crippen molar-refractivity contribution >= 4 is 11.7 Å². The Kier molecular flexibility index (Phi) is 4.88. The van der Waals surface area contributed by atoms with E-state index in [1.54, 1.807) is 0 Å². The molecule has 1 aliphatic carbocycles. The molecule has 1 aliphatic heterocycles. The molecule has 0 spiro atoms. The summed E-state index contributed by atoms with van der Waals surface area (Å²) in [6.07, 6.45) is 3.14. The van der Waals surface area contributed by atoms with E-state index >= 15 is 0 Å². The zero-order valence-corrected chi connectivity index (χ0v) is 16.7. The number of likely N-dealkylation sites (tertiary alicyclic amines) is 1. The van der Waals surface area contributed by atoms with E-state index in [1.165, 1.54) is 11.1 Å². The van der Waals surface area contributed by atoms with Gasteiger partial charge >= 0.3 is 6.09 Å². The van der Waals surface area contributed by atoms with Crippen LogP contribution in [0, 0.1) is 11.8 Å². The number of fused-ring (bicyclic) bond motifs is 1. The van der Waals surface area contributed by atoms with Crippen molar-refractivity contribution in [3.05, 3.63) is 66.2 Å². The average molecular weight is 377 g/mol. The molecule has 146 valence electrons. The smallest absolute Gasteiger partial charge is 0.410 e. The second kappa shape index (κ2) is 7.34. The number of para-hydroxylation sites is 1. The van der Waals surface area contributed by atoms with Crippen molar-refractivity contribution in [3.63, 3.8) is 0 Å². The molecule has 2 aromatic rings. The van der Waals surface area contributed by atoms with Gasteiger partial charge in [-0.2, -0.15) is 0 Å². The molecule has 1 amide bonds. The number of rotatable bonds is 3. The maximum Gasteiger partial charge on any atom is 0.410 e. The van der Waals surface area contributed by atoms with Gasteiger partial charge in [0.2, 0.25) is 0 Å². The van der Waals surface area contributed by atoms with Gasteiger partial charge in [-0.05, 0) is 74.4 Å². The van der Waals surface area contributed by atoms with Crippen LogP contribution in [0.2, 0.25) is 0 Å². The lowest BCUT2D eigenvalue weighted by molar-refractivity contribution is 0.0285. The van der Waals surface area contributed by atoms with Crippen molar-refractivity contribution in [2.24, 2.45) is 11.8 Å². The first kappa shape index (κ1) is 18.6. The topological polar surface area (TPSA) is 38.8 Å². The molecule has 4 nitrogen and oxygen atoms in total. The first-order valence-electron chi connectivity index (χ1n) is 9.89. The predicted octanol–water partition coefficient (Wildman–Crippen LogP) is 5.75. The summed E-state index contributed by atoms with van der Waals surface area (Å²) >= 11 is 0. The van der Waals surface area contributed by atoms with Gasteiger partial charge in [0.25, 0.3) is 0 Å². The number of allylic oxidation sites excluding steroid dienone is 1. The van der Waals surface area contributed by atoms with E-state index in [1.807, 2.05) is 68.1 Å². The SMILES string of the molecule is CC(C)(C)OC(=O)N1C[C@H]2CC(c3ccc(Oc4ccccc4)cc3)=C[C@H]2C1. The van der Waals surface area contributed by atoms with Crippen molar-refractivity contribution in [2.75, 3.05) is 13.1 Å². The largest absolute Gasteiger partial charge is 0.457 e. The monoisotopic (exact) mass is 377 g/mol. The number of hydrogen-bond acceptors (Lipinski definition) is 3. The van der Waals surface area contributed by atoms with E-state index in [0.29, 0.717) is 11.8 Å². The third kappa shape index (κ3) is 4.22. The van der Waals surface area contributed by atoms with Crippen LogP contribution in [0.4, 0.5) is 4.79 Å². The molecule has 28 heavy (non-hydrogen) atoms. The lowest BCUT2D eigenvalue weighted by atomic mass is 9.98. The first-order chi connectivity index (χ1) is 13.4. The summed E-state index contributed by atoms with van der Waals surface area (Å²) < 4.78 is 11.4. The normalized spacial score (nSPS) is 21.2. The summed E-state index contributed by atoms with van der Waals surface area (Å²) in [5.74, 6) is 2.59. The maximum absolute atomic E-state index is 12.3. The van der Waals surface area contributed by atoms with Gasteiger partial charge in [-0.25, -0.2) is 4.79 Å². The highest BCUT2D eigenvalue weighted by Crippen LogP contribution is 2.41. The summed E-state index contributed by atoms with van der Waals surface area (Å²) in [6, 6.07) is 18.1. The number of carbonyl (C=O) groups is 1. The minimum atomic E-state index is -0.445. The molecule has 0 radical (unpaired) electrons. The highest BCUT2D eigenvalue weighted by atomic mass is 16.6. The minimum Gasteiger partial charge on any atom is -0.457 e. The fraction of sp³-hybridized carbons (Fsp3) is 0.375. The van der Waals surface area contributed by atoms with Crippen LogP contribution in [0.1, 0.15) is 32.8 Å². The summed E-state index contributed by atoms with van der Waals surface area (Å²) in [5, 5.41) is 0. The molecule has 1 saturated heterocycles. The molecular formula is C24H27NO3. The summed E-state index contributed by atoms with van der Waals surface area (Å²) in [7, 11) is 0. The molecule has 0 unspecified atom stereocenters. The molecule has 4 rings (SSSR count). The van der Waals surface area contributed by atoms with Gasteiger partial charge in [0.15, 0.2) is 0 Å². The predicted molar refractivity (Wildman–Crippen MR) is 110 cm³/mol. The second-order valence-electron chi connectivity index (χ2n) is 8.64. The number of ether oxygens (including phenoxy) is 2. The highest BCUT2D eigenvalue weighted by molar-refractivity contribution is 5.72. The molecule has 1 heterocycles. The lowest BCUT2D eigenvalue weighted by Crippen LogP contribution is -2.35. The Labute approximate surface area is 166 Å². The Morgan fingerprint density at radius 3 is 2.29 bits per heavy atom. The average Bonchev–Trinajstić information content (AvgIpc) is 3.21. The van der Waals surface area contributed by atoms with Crippen LogP contribution in [0.25, 0.3) is 5.57 Å². The van der Waals surface area contributed by atoms with Crippen molar-refractivity contribution in [1.29, 1.82) is 0 Å². The van der Waals surface area contributed by atoms with Gasteiger partial charge in [-0.3, -0.25) is 0 Å². The fourth-order valence-electron chi connectivity index (χ4n) is 3.96. The van der Waals surface area contributed by atoms with Gasteiger partial charge in [-0.1, -0.05) is 36.4 Å². The van der Waals surface area contributed by atoms with Crippen LogP contribution >= 0.6 is 0 Å². The Bertz CT molecular complexity index is 865. The van der Waals surface area contributed by atoms with Crippen LogP contribution in [0.5, 0.6) is 11.5 Å². The van der Waals surface area contributed by atoms with Gasteiger partial charge in [0, 0.05) is 13.1 Å². The quantitative estimate of drug-likeness (QED) is 0.684. The van der Waals surface area contributed by atoms with E-state index in [2.05, 4.69) is 18.2 Å².